The molecule has 0 saturated heterocycles. The van der Waals surface area contributed by atoms with Crippen LogP contribution in [0, 0.1) is 22.0 Å². The Bertz CT molecular complexity index is 633. The number of carbonyl (C=O) groups excluding carboxylic acids is 2. The lowest BCUT2D eigenvalue weighted by atomic mass is 10.1. The van der Waals surface area contributed by atoms with Crippen LogP contribution in [0.5, 0.6) is 5.75 Å². The van der Waals surface area contributed by atoms with Crippen molar-refractivity contribution in [1.29, 1.82) is 0 Å². The second-order valence-corrected chi connectivity index (χ2v) is 6.59. The number of carbonyl (C=O) groups is 2. The molecule has 0 unspecified atom stereocenters. The van der Waals surface area contributed by atoms with Gasteiger partial charge in [0.25, 0.3) is 5.69 Å². The lowest BCUT2D eigenvalue weighted by Gasteiger charge is -2.25. The standard InChI is InChI=1S/C17H25N3O5/c1-11(2)9-19(10-12(3)4)17(22)16(21)18-14-7-6-13(20(23)24)8-15(14)25-5/h6-8,11-12H,9-10H2,1-5H3,(H,18,21). The van der Waals surface area contributed by atoms with Crippen LogP contribution < -0.4 is 10.1 Å². The molecule has 0 saturated carbocycles. The van der Waals surface area contributed by atoms with Gasteiger partial charge in [-0.2, -0.15) is 0 Å². The predicted molar refractivity (Wildman–Crippen MR) is 94.5 cm³/mol. The summed E-state index contributed by atoms with van der Waals surface area (Å²) in [4.78, 5) is 36.5. The molecule has 0 fully saturated rings. The first-order valence-electron chi connectivity index (χ1n) is 8.08. The van der Waals surface area contributed by atoms with Crippen LogP contribution in [-0.4, -0.2) is 41.8 Å². The summed E-state index contributed by atoms with van der Waals surface area (Å²) in [6, 6.07) is 3.78. The summed E-state index contributed by atoms with van der Waals surface area (Å²) in [5.74, 6) is -0.861. The van der Waals surface area contributed by atoms with E-state index < -0.39 is 16.7 Å². The van der Waals surface area contributed by atoms with E-state index in [2.05, 4.69) is 5.32 Å². The van der Waals surface area contributed by atoms with E-state index in [-0.39, 0.29) is 29.0 Å². The summed E-state index contributed by atoms with van der Waals surface area (Å²) < 4.78 is 5.06. The predicted octanol–water partition coefficient (Wildman–Crippen LogP) is 2.68. The summed E-state index contributed by atoms with van der Waals surface area (Å²) in [6.07, 6.45) is 0. The number of methoxy groups -OCH3 is 1. The Morgan fingerprint density at radius 1 is 1.20 bits per heavy atom. The third-order valence-electron chi connectivity index (χ3n) is 3.30. The van der Waals surface area contributed by atoms with Gasteiger partial charge in [0, 0.05) is 19.2 Å². The van der Waals surface area contributed by atoms with Crippen LogP contribution in [0.1, 0.15) is 27.7 Å². The summed E-state index contributed by atoms with van der Waals surface area (Å²) in [5.41, 5.74) is 0.0444. The van der Waals surface area contributed by atoms with Gasteiger partial charge in [0.2, 0.25) is 0 Å². The number of nitrogens with zero attached hydrogens (tertiary/aromatic N) is 2. The van der Waals surface area contributed by atoms with Gasteiger partial charge in [-0.05, 0) is 17.9 Å². The molecule has 1 rings (SSSR count). The molecule has 1 aromatic rings. The van der Waals surface area contributed by atoms with Gasteiger partial charge < -0.3 is 15.0 Å². The van der Waals surface area contributed by atoms with Crippen LogP contribution in [0.2, 0.25) is 0 Å². The Hall–Kier alpha value is -2.64. The number of nitrogens with one attached hydrogen (secondary N) is 1. The maximum absolute atomic E-state index is 12.5. The van der Waals surface area contributed by atoms with Crippen LogP contribution >= 0.6 is 0 Å². The van der Waals surface area contributed by atoms with E-state index in [0.717, 1.165) is 0 Å². The van der Waals surface area contributed by atoms with Crippen molar-refractivity contribution in [2.75, 3.05) is 25.5 Å². The number of ether oxygens (including phenoxy) is 1. The number of rotatable bonds is 7. The smallest absolute Gasteiger partial charge is 0.314 e. The van der Waals surface area contributed by atoms with Crippen LogP contribution in [0.15, 0.2) is 18.2 Å². The number of anilines is 1. The highest BCUT2D eigenvalue weighted by Gasteiger charge is 2.24. The Labute approximate surface area is 147 Å². The molecule has 0 radical (unpaired) electrons. The van der Waals surface area contributed by atoms with E-state index in [1.54, 1.807) is 0 Å². The number of hydrogen-bond donors (Lipinski definition) is 1. The number of non-ortho nitro benzene ring substituents is 1. The molecule has 0 aromatic heterocycles. The molecule has 2 amide bonds. The number of nitro groups is 1. The van der Waals surface area contributed by atoms with E-state index in [9.17, 15) is 19.7 Å². The Kier molecular flexibility index (Phi) is 7.35. The van der Waals surface area contributed by atoms with Gasteiger partial charge in [-0.1, -0.05) is 27.7 Å². The van der Waals surface area contributed by atoms with Crippen molar-refractivity contribution >= 4 is 23.2 Å². The fraction of sp³-hybridized carbons (Fsp3) is 0.529. The highest BCUT2D eigenvalue weighted by Crippen LogP contribution is 2.29. The third-order valence-corrected chi connectivity index (χ3v) is 3.30. The van der Waals surface area contributed by atoms with Gasteiger partial charge in [-0.15, -0.1) is 0 Å². The van der Waals surface area contributed by atoms with Crippen molar-refractivity contribution in [1.82, 2.24) is 4.90 Å². The molecular weight excluding hydrogens is 326 g/mol. The second-order valence-electron chi connectivity index (χ2n) is 6.59. The van der Waals surface area contributed by atoms with Gasteiger partial charge in [-0.25, -0.2) is 0 Å². The summed E-state index contributed by atoms with van der Waals surface area (Å²) in [5, 5.41) is 13.3. The van der Waals surface area contributed by atoms with E-state index in [4.69, 9.17) is 4.74 Å². The fourth-order valence-corrected chi connectivity index (χ4v) is 2.34. The molecule has 8 heteroatoms. The van der Waals surface area contributed by atoms with E-state index in [1.807, 2.05) is 27.7 Å². The molecule has 1 N–H and O–H groups in total. The second kappa shape index (κ2) is 9.00. The maximum atomic E-state index is 12.5. The van der Waals surface area contributed by atoms with E-state index in [0.29, 0.717) is 13.1 Å². The molecule has 0 aliphatic rings. The van der Waals surface area contributed by atoms with Gasteiger partial charge in [-0.3, -0.25) is 19.7 Å². The summed E-state index contributed by atoms with van der Waals surface area (Å²) in [6.45, 7) is 8.83. The molecule has 25 heavy (non-hydrogen) atoms. The fourth-order valence-electron chi connectivity index (χ4n) is 2.34. The minimum absolute atomic E-state index is 0.120. The Morgan fingerprint density at radius 3 is 2.20 bits per heavy atom. The zero-order valence-electron chi connectivity index (χ0n) is 15.2. The molecule has 0 heterocycles. The molecule has 1 aromatic carbocycles. The van der Waals surface area contributed by atoms with Gasteiger partial charge in [0.05, 0.1) is 23.8 Å². The summed E-state index contributed by atoms with van der Waals surface area (Å²) >= 11 is 0. The van der Waals surface area contributed by atoms with Crippen molar-refractivity contribution in [3.05, 3.63) is 28.3 Å². The molecule has 0 spiro atoms. The molecule has 0 aliphatic carbocycles. The molecule has 0 atom stereocenters. The first-order valence-corrected chi connectivity index (χ1v) is 8.08. The average Bonchev–Trinajstić information content (AvgIpc) is 2.52. The first-order chi connectivity index (χ1) is 11.6. The van der Waals surface area contributed by atoms with E-state index >= 15 is 0 Å². The first kappa shape index (κ1) is 20.4. The maximum Gasteiger partial charge on any atom is 0.314 e. The number of amides is 2. The Morgan fingerprint density at radius 2 is 1.76 bits per heavy atom. The van der Waals surface area contributed by atoms with Crippen LogP contribution in [0.25, 0.3) is 0 Å². The van der Waals surface area contributed by atoms with Crippen molar-refractivity contribution < 1.29 is 19.2 Å². The largest absolute Gasteiger partial charge is 0.494 e. The molecular formula is C17H25N3O5. The van der Waals surface area contributed by atoms with Crippen molar-refractivity contribution in [2.24, 2.45) is 11.8 Å². The van der Waals surface area contributed by atoms with Gasteiger partial charge in [0.1, 0.15) is 5.75 Å². The zero-order valence-corrected chi connectivity index (χ0v) is 15.2. The van der Waals surface area contributed by atoms with E-state index in [1.165, 1.54) is 30.2 Å². The number of benzene rings is 1. The zero-order chi connectivity index (χ0) is 19.1. The molecule has 0 aliphatic heterocycles. The van der Waals surface area contributed by atoms with Gasteiger partial charge >= 0.3 is 11.8 Å². The number of hydrogen-bond acceptors (Lipinski definition) is 5. The normalized spacial score (nSPS) is 10.7. The van der Waals surface area contributed by atoms with Gasteiger partial charge in [0.15, 0.2) is 0 Å². The van der Waals surface area contributed by atoms with Crippen LogP contribution in [0.3, 0.4) is 0 Å². The minimum atomic E-state index is -0.798. The van der Waals surface area contributed by atoms with Crippen molar-refractivity contribution in [2.45, 2.75) is 27.7 Å². The molecule has 0 bridgehead atoms. The van der Waals surface area contributed by atoms with Crippen molar-refractivity contribution in [3.63, 3.8) is 0 Å². The van der Waals surface area contributed by atoms with Crippen molar-refractivity contribution in [3.8, 4) is 5.75 Å². The summed E-state index contributed by atoms with van der Waals surface area (Å²) in [7, 11) is 1.33. The number of nitro benzene ring substituents is 1. The monoisotopic (exact) mass is 351 g/mol. The lowest BCUT2D eigenvalue weighted by Crippen LogP contribution is -2.43. The SMILES string of the molecule is COc1cc([N+](=O)[O-])ccc1NC(=O)C(=O)N(CC(C)C)CC(C)C. The molecule has 8 nitrogen and oxygen atoms in total. The Balaban J connectivity index is 2.95. The average molecular weight is 351 g/mol. The highest BCUT2D eigenvalue weighted by molar-refractivity contribution is 6.39. The topological polar surface area (TPSA) is 102 Å². The van der Waals surface area contributed by atoms with Crippen LogP contribution in [-0.2, 0) is 9.59 Å². The molecule has 138 valence electrons. The minimum Gasteiger partial charge on any atom is -0.494 e. The lowest BCUT2D eigenvalue weighted by molar-refractivity contribution is -0.384. The quantitative estimate of drug-likeness (QED) is 0.462. The third kappa shape index (κ3) is 6.06. The highest BCUT2D eigenvalue weighted by atomic mass is 16.6. The van der Waals surface area contributed by atoms with Crippen LogP contribution in [0.4, 0.5) is 11.4 Å².